The first-order valence-electron chi connectivity index (χ1n) is 9.27. The van der Waals surface area contributed by atoms with Crippen molar-refractivity contribution in [2.24, 2.45) is 0 Å². The minimum absolute atomic E-state index is 0.0149. The maximum Gasteiger partial charge on any atom is 0.266 e. The van der Waals surface area contributed by atoms with Crippen LogP contribution in [0.4, 0.5) is 0 Å². The van der Waals surface area contributed by atoms with Gasteiger partial charge in [-0.15, -0.1) is 0 Å². The van der Waals surface area contributed by atoms with E-state index < -0.39 is 15.9 Å². The summed E-state index contributed by atoms with van der Waals surface area (Å²) in [5.74, 6) is -0.578. The molecular formula is C19H26N4O5S. The van der Waals surface area contributed by atoms with Crippen molar-refractivity contribution in [1.82, 2.24) is 14.1 Å². The van der Waals surface area contributed by atoms with Crippen LogP contribution in [-0.2, 0) is 14.8 Å². The number of piperazine rings is 1. The topological polar surface area (TPSA) is 125 Å². The number of amides is 1. The smallest absolute Gasteiger partial charge is 0.266 e. The van der Waals surface area contributed by atoms with Gasteiger partial charge in [-0.05, 0) is 19.1 Å². The molecule has 1 aromatic carbocycles. The number of hydrogen-bond donors (Lipinski definition) is 2. The summed E-state index contributed by atoms with van der Waals surface area (Å²) in [6.45, 7) is 2.50. The molecule has 29 heavy (non-hydrogen) atoms. The molecule has 1 heterocycles. The van der Waals surface area contributed by atoms with E-state index in [1.807, 2.05) is 13.0 Å². The second kappa shape index (κ2) is 10.4. The highest BCUT2D eigenvalue weighted by molar-refractivity contribution is 7.89. The van der Waals surface area contributed by atoms with Gasteiger partial charge in [0.25, 0.3) is 5.91 Å². The summed E-state index contributed by atoms with van der Waals surface area (Å²) in [5.41, 5.74) is 0.853. The van der Waals surface area contributed by atoms with E-state index in [1.165, 1.54) is 15.4 Å². The highest BCUT2D eigenvalue weighted by Gasteiger charge is 2.28. The molecule has 0 atom stereocenters. The molecule has 1 saturated heterocycles. The first-order valence-corrected chi connectivity index (χ1v) is 10.7. The minimum Gasteiger partial charge on any atom is -0.395 e. The van der Waals surface area contributed by atoms with Gasteiger partial charge in [-0.2, -0.15) is 9.57 Å². The Morgan fingerprint density at radius 1 is 1.14 bits per heavy atom. The zero-order valence-electron chi connectivity index (χ0n) is 16.4. The number of sulfonamides is 1. The first-order chi connectivity index (χ1) is 13.8. The van der Waals surface area contributed by atoms with Crippen LogP contribution in [0.2, 0.25) is 0 Å². The minimum atomic E-state index is -3.59. The monoisotopic (exact) mass is 422 g/mol. The molecule has 1 aliphatic rings. The number of aliphatic hydroxyl groups is 2. The Kier molecular flexibility index (Phi) is 8.16. The molecule has 1 fully saturated rings. The first kappa shape index (κ1) is 22.8. The number of carbonyl (C=O) groups excluding carboxylic acids is 1. The molecule has 2 N–H and O–H groups in total. The van der Waals surface area contributed by atoms with Crippen molar-refractivity contribution in [3.05, 3.63) is 41.6 Å². The molecule has 0 spiro atoms. The van der Waals surface area contributed by atoms with Crippen LogP contribution >= 0.6 is 0 Å². The molecular weight excluding hydrogens is 396 g/mol. The number of nitrogens with zero attached hydrogens (tertiary/aromatic N) is 4. The lowest BCUT2D eigenvalue weighted by Gasteiger charge is -2.33. The van der Waals surface area contributed by atoms with Crippen molar-refractivity contribution in [3.63, 3.8) is 0 Å². The van der Waals surface area contributed by atoms with Crippen LogP contribution in [0, 0.1) is 18.3 Å². The van der Waals surface area contributed by atoms with Crippen LogP contribution in [0.25, 0.3) is 0 Å². The number of aliphatic hydroxyl groups excluding tert-OH is 2. The Labute approximate surface area is 171 Å². The second-order valence-electron chi connectivity index (χ2n) is 6.65. The van der Waals surface area contributed by atoms with Crippen molar-refractivity contribution < 1.29 is 23.4 Å². The van der Waals surface area contributed by atoms with Gasteiger partial charge in [0.15, 0.2) is 0 Å². The van der Waals surface area contributed by atoms with Crippen molar-refractivity contribution in [2.75, 3.05) is 52.5 Å². The van der Waals surface area contributed by atoms with Gasteiger partial charge in [0, 0.05) is 45.5 Å². The maximum absolute atomic E-state index is 12.8. The summed E-state index contributed by atoms with van der Waals surface area (Å²) in [5, 5.41) is 27.4. The average molecular weight is 423 g/mol. The zero-order valence-corrected chi connectivity index (χ0v) is 17.2. The molecule has 0 aromatic heterocycles. The quantitative estimate of drug-likeness (QED) is 0.428. The van der Waals surface area contributed by atoms with Crippen LogP contribution in [0.5, 0.6) is 0 Å². The molecule has 1 aromatic rings. The number of nitriles is 1. The summed E-state index contributed by atoms with van der Waals surface area (Å²) in [4.78, 5) is 15.6. The number of benzene rings is 1. The van der Waals surface area contributed by atoms with Gasteiger partial charge in [0.1, 0.15) is 11.6 Å². The van der Waals surface area contributed by atoms with Crippen molar-refractivity contribution in [3.8, 4) is 6.07 Å². The molecule has 0 radical (unpaired) electrons. The van der Waals surface area contributed by atoms with Crippen LogP contribution in [0.1, 0.15) is 5.56 Å². The third-order valence-corrected chi connectivity index (χ3v) is 6.53. The normalized spacial score (nSPS) is 15.8. The van der Waals surface area contributed by atoms with E-state index in [2.05, 4.69) is 0 Å². The molecule has 2 rings (SSSR count). The Morgan fingerprint density at radius 2 is 1.69 bits per heavy atom. The van der Waals surface area contributed by atoms with Gasteiger partial charge >= 0.3 is 0 Å². The standard InChI is InChI=1S/C19H26N4O5S/c1-16-2-4-18(5-3-16)29(27,28)23-8-6-21(7-9-23)15-17(14-20)19(26)22(10-12-24)11-13-25/h2-5,15,24-25H,6-13H2,1H3/b17-15-. The lowest BCUT2D eigenvalue weighted by molar-refractivity contribution is -0.127. The molecule has 0 aliphatic carbocycles. The lowest BCUT2D eigenvalue weighted by atomic mass is 10.2. The third kappa shape index (κ3) is 5.77. The van der Waals surface area contributed by atoms with Crippen LogP contribution in [-0.4, -0.2) is 91.1 Å². The van der Waals surface area contributed by atoms with Gasteiger partial charge in [0.05, 0.1) is 18.1 Å². The van der Waals surface area contributed by atoms with Gasteiger partial charge in [-0.25, -0.2) is 8.42 Å². The van der Waals surface area contributed by atoms with Crippen LogP contribution in [0.3, 0.4) is 0 Å². The predicted octanol–water partition coefficient (Wildman–Crippen LogP) is -0.478. The summed E-state index contributed by atoms with van der Waals surface area (Å²) in [7, 11) is -3.59. The van der Waals surface area contributed by atoms with Gasteiger partial charge in [-0.1, -0.05) is 17.7 Å². The summed E-state index contributed by atoms with van der Waals surface area (Å²) in [6.07, 6.45) is 1.42. The lowest BCUT2D eigenvalue weighted by Crippen LogP contribution is -2.47. The number of rotatable bonds is 8. The average Bonchev–Trinajstić information content (AvgIpc) is 2.72. The molecule has 0 saturated carbocycles. The summed E-state index contributed by atoms with van der Waals surface area (Å²) in [6, 6.07) is 8.52. The summed E-state index contributed by atoms with van der Waals surface area (Å²) < 4.78 is 26.9. The highest BCUT2D eigenvalue weighted by atomic mass is 32.2. The van der Waals surface area contributed by atoms with Gasteiger partial charge < -0.3 is 20.0 Å². The SMILES string of the molecule is Cc1ccc(S(=O)(=O)N2CCN(/C=C(/C#N)C(=O)N(CCO)CCO)CC2)cc1. The highest BCUT2D eigenvalue weighted by Crippen LogP contribution is 2.18. The molecule has 1 aliphatic heterocycles. The zero-order chi connectivity index (χ0) is 21.4. The van der Waals surface area contributed by atoms with E-state index >= 15 is 0 Å². The van der Waals surface area contributed by atoms with E-state index in [-0.39, 0.29) is 49.9 Å². The fourth-order valence-corrected chi connectivity index (χ4v) is 4.40. The largest absolute Gasteiger partial charge is 0.395 e. The summed E-state index contributed by atoms with van der Waals surface area (Å²) >= 11 is 0. The number of aryl methyl sites for hydroxylation is 1. The molecule has 0 bridgehead atoms. The van der Waals surface area contributed by atoms with E-state index in [9.17, 15) is 18.5 Å². The van der Waals surface area contributed by atoms with E-state index in [1.54, 1.807) is 29.2 Å². The van der Waals surface area contributed by atoms with E-state index in [0.29, 0.717) is 13.1 Å². The Morgan fingerprint density at radius 3 is 2.17 bits per heavy atom. The molecule has 158 valence electrons. The Hall–Kier alpha value is -2.45. The van der Waals surface area contributed by atoms with Crippen molar-refractivity contribution in [1.29, 1.82) is 5.26 Å². The molecule has 9 nitrogen and oxygen atoms in total. The second-order valence-corrected chi connectivity index (χ2v) is 8.59. The molecule has 10 heteroatoms. The number of hydrogen-bond acceptors (Lipinski definition) is 7. The van der Waals surface area contributed by atoms with E-state index in [0.717, 1.165) is 5.56 Å². The third-order valence-electron chi connectivity index (χ3n) is 4.62. The maximum atomic E-state index is 12.8. The van der Waals surface area contributed by atoms with Crippen molar-refractivity contribution in [2.45, 2.75) is 11.8 Å². The molecule has 0 unspecified atom stereocenters. The Balaban J connectivity index is 2.06. The van der Waals surface area contributed by atoms with E-state index in [4.69, 9.17) is 10.2 Å². The predicted molar refractivity (Wildman–Crippen MR) is 106 cm³/mol. The Bertz CT molecular complexity index is 863. The molecule has 1 amide bonds. The fraction of sp³-hybridized carbons (Fsp3) is 0.474. The van der Waals surface area contributed by atoms with Crippen molar-refractivity contribution >= 4 is 15.9 Å². The van der Waals surface area contributed by atoms with Gasteiger partial charge in [-0.3, -0.25) is 4.79 Å². The van der Waals surface area contributed by atoms with Crippen LogP contribution < -0.4 is 0 Å². The number of carbonyl (C=O) groups is 1. The fourth-order valence-electron chi connectivity index (χ4n) is 2.97. The van der Waals surface area contributed by atoms with Gasteiger partial charge in [0.2, 0.25) is 10.0 Å². The van der Waals surface area contributed by atoms with Crippen LogP contribution in [0.15, 0.2) is 40.9 Å².